The van der Waals surface area contributed by atoms with E-state index in [0.29, 0.717) is 0 Å². The molecule has 0 rings (SSSR count). The Labute approximate surface area is 208 Å². The molecule has 204 valence electrons. The summed E-state index contributed by atoms with van der Waals surface area (Å²) in [5.74, 6) is -0.735. The maximum atomic E-state index is 11.8. The molecule has 0 bridgehead atoms. The standard InChI is InChI=1S/C24H42O11/c1-7-19(8-2)15-32-21(25)17(5)34-23(27)30-13-11-29-12-14-31-24(28)35-18(6)22(26)33-16-20(9-3)10-4/h17-20H,7-16H2,1-6H3. The maximum absolute atomic E-state index is 11.8. The number of esters is 2. The molecule has 0 spiro atoms. The van der Waals surface area contributed by atoms with E-state index in [1.807, 2.05) is 27.7 Å². The maximum Gasteiger partial charge on any atom is 0.509 e. The molecule has 0 aliphatic rings. The third-order valence-electron chi connectivity index (χ3n) is 5.34. The van der Waals surface area contributed by atoms with Crippen molar-refractivity contribution in [2.75, 3.05) is 39.6 Å². The van der Waals surface area contributed by atoms with Crippen molar-refractivity contribution in [1.29, 1.82) is 0 Å². The molecule has 11 heteroatoms. The highest BCUT2D eigenvalue weighted by Gasteiger charge is 2.22. The number of carbonyl (C=O) groups excluding carboxylic acids is 4. The highest BCUT2D eigenvalue weighted by atomic mass is 16.7. The van der Waals surface area contributed by atoms with Crippen LogP contribution in [0.15, 0.2) is 0 Å². The topological polar surface area (TPSA) is 133 Å². The first-order chi connectivity index (χ1) is 16.7. The van der Waals surface area contributed by atoms with E-state index < -0.39 is 36.5 Å². The van der Waals surface area contributed by atoms with Crippen LogP contribution >= 0.6 is 0 Å². The molecule has 0 aliphatic heterocycles. The first-order valence-electron chi connectivity index (χ1n) is 12.3. The largest absolute Gasteiger partial charge is 0.509 e. The molecule has 0 aliphatic carbocycles. The summed E-state index contributed by atoms with van der Waals surface area (Å²) in [6, 6.07) is 0. The number of ether oxygens (including phenoxy) is 7. The smallest absolute Gasteiger partial charge is 0.463 e. The van der Waals surface area contributed by atoms with Gasteiger partial charge in [-0.2, -0.15) is 0 Å². The lowest BCUT2D eigenvalue weighted by Gasteiger charge is -2.16. The number of rotatable bonds is 18. The number of hydrogen-bond acceptors (Lipinski definition) is 11. The van der Waals surface area contributed by atoms with Crippen molar-refractivity contribution >= 4 is 24.2 Å². The fourth-order valence-corrected chi connectivity index (χ4v) is 2.61. The zero-order chi connectivity index (χ0) is 26.6. The monoisotopic (exact) mass is 506 g/mol. The van der Waals surface area contributed by atoms with Crippen molar-refractivity contribution in [1.82, 2.24) is 0 Å². The summed E-state index contributed by atoms with van der Waals surface area (Å²) in [5.41, 5.74) is 0. The molecular weight excluding hydrogens is 464 g/mol. The van der Waals surface area contributed by atoms with E-state index in [1.165, 1.54) is 13.8 Å². The Morgan fingerprint density at radius 3 is 1.20 bits per heavy atom. The Hall–Kier alpha value is -2.56. The van der Waals surface area contributed by atoms with Gasteiger partial charge >= 0.3 is 24.2 Å². The van der Waals surface area contributed by atoms with Gasteiger partial charge in [-0.3, -0.25) is 0 Å². The van der Waals surface area contributed by atoms with Crippen molar-refractivity contribution < 1.29 is 52.3 Å². The number of carbonyl (C=O) groups is 4. The second-order valence-corrected chi connectivity index (χ2v) is 7.95. The molecule has 2 unspecified atom stereocenters. The van der Waals surface area contributed by atoms with Gasteiger partial charge in [-0.05, 0) is 25.7 Å². The molecule has 0 aromatic rings. The fraction of sp³-hybridized carbons (Fsp3) is 0.833. The highest BCUT2D eigenvalue weighted by molar-refractivity contribution is 5.77. The van der Waals surface area contributed by atoms with Crippen molar-refractivity contribution in [2.45, 2.75) is 79.4 Å². The van der Waals surface area contributed by atoms with E-state index in [1.54, 1.807) is 0 Å². The van der Waals surface area contributed by atoms with Crippen molar-refractivity contribution in [2.24, 2.45) is 11.8 Å². The van der Waals surface area contributed by atoms with Crippen LogP contribution in [0.5, 0.6) is 0 Å². The quantitative estimate of drug-likeness (QED) is 0.151. The van der Waals surface area contributed by atoms with Gasteiger partial charge in [-0.1, -0.05) is 53.4 Å². The van der Waals surface area contributed by atoms with Gasteiger partial charge in [-0.25, -0.2) is 19.2 Å². The van der Waals surface area contributed by atoms with Crippen LogP contribution in [0, 0.1) is 11.8 Å². The van der Waals surface area contributed by atoms with Gasteiger partial charge in [0.25, 0.3) is 0 Å². The summed E-state index contributed by atoms with van der Waals surface area (Å²) in [6.45, 7) is 11.2. The second kappa shape index (κ2) is 19.7. The van der Waals surface area contributed by atoms with E-state index >= 15 is 0 Å². The zero-order valence-corrected chi connectivity index (χ0v) is 21.9. The molecule has 0 radical (unpaired) electrons. The van der Waals surface area contributed by atoms with E-state index in [4.69, 9.17) is 33.2 Å². The van der Waals surface area contributed by atoms with Crippen molar-refractivity contribution in [3.05, 3.63) is 0 Å². The van der Waals surface area contributed by atoms with E-state index in [-0.39, 0.29) is 51.5 Å². The summed E-state index contributed by atoms with van der Waals surface area (Å²) in [6.07, 6.45) is -0.664. The molecule has 0 fully saturated rings. The summed E-state index contributed by atoms with van der Waals surface area (Å²) >= 11 is 0. The lowest BCUT2D eigenvalue weighted by atomic mass is 10.1. The minimum Gasteiger partial charge on any atom is -0.463 e. The predicted molar refractivity (Wildman–Crippen MR) is 125 cm³/mol. The number of hydrogen-bond donors (Lipinski definition) is 0. The highest BCUT2D eigenvalue weighted by Crippen LogP contribution is 2.10. The molecule has 0 heterocycles. The lowest BCUT2D eigenvalue weighted by Crippen LogP contribution is -2.29. The zero-order valence-electron chi connectivity index (χ0n) is 21.9. The van der Waals surface area contributed by atoms with Crippen molar-refractivity contribution in [3.8, 4) is 0 Å². The average molecular weight is 507 g/mol. The van der Waals surface area contributed by atoms with Gasteiger partial charge in [0.05, 0.1) is 26.4 Å². The summed E-state index contributed by atoms with van der Waals surface area (Å²) in [7, 11) is 0. The summed E-state index contributed by atoms with van der Waals surface area (Å²) < 4.78 is 34.8. The van der Waals surface area contributed by atoms with Gasteiger partial charge in [0.15, 0.2) is 12.2 Å². The van der Waals surface area contributed by atoms with E-state index in [2.05, 4.69) is 0 Å². The molecule has 35 heavy (non-hydrogen) atoms. The fourth-order valence-electron chi connectivity index (χ4n) is 2.61. The molecule has 0 aromatic carbocycles. The molecule has 0 N–H and O–H groups in total. The van der Waals surface area contributed by atoms with E-state index in [0.717, 1.165) is 25.7 Å². The third-order valence-corrected chi connectivity index (χ3v) is 5.34. The summed E-state index contributed by atoms with van der Waals surface area (Å²) in [5, 5.41) is 0. The predicted octanol–water partition coefficient (Wildman–Crippen LogP) is 4.05. The Balaban J connectivity index is 3.87. The Morgan fingerprint density at radius 2 is 0.886 bits per heavy atom. The molecule has 0 saturated carbocycles. The van der Waals surface area contributed by atoms with Crippen LogP contribution in [0.2, 0.25) is 0 Å². The van der Waals surface area contributed by atoms with E-state index in [9.17, 15) is 19.2 Å². The van der Waals surface area contributed by atoms with Crippen molar-refractivity contribution in [3.63, 3.8) is 0 Å². The molecule has 0 saturated heterocycles. The third kappa shape index (κ3) is 15.9. The average Bonchev–Trinajstić information content (AvgIpc) is 2.84. The Kier molecular flexibility index (Phi) is 18.3. The molecule has 2 atom stereocenters. The minimum atomic E-state index is -1.09. The van der Waals surface area contributed by atoms with Gasteiger partial charge in [0.1, 0.15) is 13.2 Å². The molecule has 0 aromatic heterocycles. The molecule has 0 amide bonds. The van der Waals surface area contributed by atoms with Crippen LogP contribution in [-0.4, -0.2) is 76.1 Å². The normalized spacial score (nSPS) is 12.6. The minimum absolute atomic E-state index is 0.0137. The van der Waals surface area contributed by atoms with Crippen LogP contribution in [0.4, 0.5) is 9.59 Å². The lowest BCUT2D eigenvalue weighted by molar-refractivity contribution is -0.156. The molecular formula is C24H42O11. The Bertz CT molecular complexity index is 563. The van der Waals surface area contributed by atoms with Gasteiger partial charge in [-0.15, -0.1) is 0 Å². The van der Waals surface area contributed by atoms with Crippen LogP contribution < -0.4 is 0 Å². The van der Waals surface area contributed by atoms with Crippen LogP contribution in [0.1, 0.15) is 67.2 Å². The van der Waals surface area contributed by atoms with Crippen LogP contribution in [-0.2, 0) is 42.7 Å². The first kappa shape index (κ1) is 32.4. The summed E-state index contributed by atoms with van der Waals surface area (Å²) in [4.78, 5) is 47.0. The van der Waals surface area contributed by atoms with Gasteiger partial charge in [0, 0.05) is 0 Å². The van der Waals surface area contributed by atoms with Crippen LogP contribution in [0.3, 0.4) is 0 Å². The SMILES string of the molecule is CCC(CC)COC(=O)C(C)OC(=O)OCCOCCOC(=O)OC(C)C(=O)OCC(CC)CC. The van der Waals surface area contributed by atoms with Gasteiger partial charge < -0.3 is 33.2 Å². The second-order valence-electron chi connectivity index (χ2n) is 7.95. The Morgan fingerprint density at radius 1 is 0.543 bits per heavy atom. The molecule has 11 nitrogen and oxygen atoms in total. The first-order valence-corrected chi connectivity index (χ1v) is 12.3. The van der Waals surface area contributed by atoms with Crippen LogP contribution in [0.25, 0.3) is 0 Å². The van der Waals surface area contributed by atoms with Gasteiger partial charge in [0.2, 0.25) is 0 Å².